The highest BCUT2D eigenvalue weighted by atomic mass is 32.2. The van der Waals surface area contributed by atoms with Crippen LogP contribution < -0.4 is 0 Å². The number of fused-ring (bicyclic) bond motifs is 5. The molecule has 42 heavy (non-hydrogen) atoms. The normalized spacial score (nSPS) is 40.8. The first kappa shape index (κ1) is 33.5. The van der Waals surface area contributed by atoms with Crippen LogP contribution in [0.15, 0.2) is 0 Å². The first-order chi connectivity index (χ1) is 19.4. The van der Waals surface area contributed by atoms with E-state index in [0.717, 1.165) is 25.7 Å². The highest BCUT2D eigenvalue weighted by Gasteiger charge is 2.65. The summed E-state index contributed by atoms with van der Waals surface area (Å²) < 4.78 is 65.1. The smallest absolute Gasteiger partial charge is 0.402 e. The van der Waals surface area contributed by atoms with E-state index in [0.29, 0.717) is 25.7 Å². The van der Waals surface area contributed by atoms with Crippen LogP contribution in [-0.4, -0.2) is 77.0 Å². The molecule has 0 spiro atoms. The Morgan fingerprint density at radius 3 is 2.31 bits per heavy atom. The maximum Gasteiger partial charge on any atom is 0.402 e. The number of aliphatic hydroxyl groups excluding tert-OH is 3. The van der Waals surface area contributed by atoms with Gasteiger partial charge >= 0.3 is 27.3 Å². The zero-order valence-corrected chi connectivity index (χ0v) is 25.4. The third-order valence-electron chi connectivity index (χ3n) is 11.7. The molecule has 0 aromatic carbocycles. The lowest BCUT2D eigenvalue weighted by Crippen LogP contribution is -2.62. The fourth-order valence-electron chi connectivity index (χ4n) is 9.31. The van der Waals surface area contributed by atoms with E-state index in [2.05, 4.69) is 18.6 Å². The Balaban J connectivity index is 1.29. The minimum absolute atomic E-state index is 0.0112. The summed E-state index contributed by atoms with van der Waals surface area (Å²) in [5.41, 5.74) is -0.417. The monoisotopic (exact) mass is 624 g/mol. The van der Waals surface area contributed by atoms with Crippen LogP contribution in [0.25, 0.3) is 0 Å². The number of hydrogen-bond donors (Lipinski definition) is 4. The van der Waals surface area contributed by atoms with E-state index in [1.165, 1.54) is 0 Å². The summed E-state index contributed by atoms with van der Waals surface area (Å²) in [6.45, 7) is 4.20. The Morgan fingerprint density at radius 1 is 0.976 bits per heavy atom. The molecule has 242 valence electrons. The van der Waals surface area contributed by atoms with Gasteiger partial charge in [0.05, 0.1) is 24.7 Å². The molecule has 4 fully saturated rings. The number of ether oxygens (including phenoxy) is 2. The molecule has 4 N–H and O–H groups in total. The van der Waals surface area contributed by atoms with Crippen molar-refractivity contribution in [1.82, 2.24) is 0 Å². The molecule has 4 saturated carbocycles. The van der Waals surface area contributed by atoms with Gasteiger partial charge in [-0.3, -0.25) is 14.1 Å². The van der Waals surface area contributed by atoms with E-state index in [9.17, 15) is 42.1 Å². The van der Waals surface area contributed by atoms with E-state index in [-0.39, 0.29) is 53.4 Å². The zero-order valence-electron chi connectivity index (χ0n) is 24.6. The van der Waals surface area contributed by atoms with Gasteiger partial charge in [0.1, 0.15) is 6.61 Å². The lowest BCUT2D eigenvalue weighted by molar-refractivity contribution is -0.207. The minimum atomic E-state index is -5.72. The summed E-state index contributed by atoms with van der Waals surface area (Å²) in [6, 6.07) is 0. The summed E-state index contributed by atoms with van der Waals surface area (Å²) >= 11 is 0. The number of hydrogen-bond acceptors (Lipinski definition) is 9. The topological polar surface area (TPSA) is 168 Å². The van der Waals surface area contributed by atoms with Crippen LogP contribution in [0.1, 0.15) is 85.0 Å². The molecule has 0 bridgehead atoms. The van der Waals surface area contributed by atoms with Gasteiger partial charge in [-0.25, -0.2) is 0 Å². The van der Waals surface area contributed by atoms with Crippen molar-refractivity contribution >= 4 is 22.1 Å². The number of alkyl halides is 2. The van der Waals surface area contributed by atoms with Gasteiger partial charge in [-0.15, -0.1) is 0 Å². The second-order valence-electron chi connectivity index (χ2n) is 13.8. The van der Waals surface area contributed by atoms with Crippen molar-refractivity contribution in [2.45, 2.75) is 109 Å². The third-order valence-corrected chi connectivity index (χ3v) is 12.5. The number of rotatable bonds is 10. The summed E-state index contributed by atoms with van der Waals surface area (Å²) in [4.78, 5) is 23.9. The molecule has 13 heteroatoms. The Labute approximate surface area is 246 Å². The lowest BCUT2D eigenvalue weighted by Gasteiger charge is -2.63. The van der Waals surface area contributed by atoms with Crippen molar-refractivity contribution in [1.29, 1.82) is 0 Å². The molecule has 4 aliphatic rings. The van der Waals surface area contributed by atoms with Crippen molar-refractivity contribution in [3.63, 3.8) is 0 Å². The van der Waals surface area contributed by atoms with Crippen LogP contribution in [0.5, 0.6) is 0 Å². The van der Waals surface area contributed by atoms with E-state index in [1.54, 1.807) is 0 Å². The summed E-state index contributed by atoms with van der Waals surface area (Å²) in [5, 5.41) is 28.7. The van der Waals surface area contributed by atoms with E-state index in [4.69, 9.17) is 9.29 Å². The summed E-state index contributed by atoms with van der Waals surface area (Å²) in [7, 11) is -5.72. The van der Waals surface area contributed by atoms with Crippen LogP contribution in [0.2, 0.25) is 0 Å². The lowest BCUT2D eigenvalue weighted by atomic mass is 9.43. The van der Waals surface area contributed by atoms with Gasteiger partial charge < -0.3 is 24.8 Å². The van der Waals surface area contributed by atoms with Crippen molar-refractivity contribution in [2.75, 3.05) is 13.2 Å². The molecule has 0 aromatic rings. The maximum atomic E-state index is 13.2. The number of esters is 2. The Morgan fingerprint density at radius 2 is 1.64 bits per heavy atom. The fraction of sp³-hybridized carbons (Fsp3) is 0.931. The van der Waals surface area contributed by atoms with E-state index >= 15 is 0 Å². The predicted molar refractivity (Wildman–Crippen MR) is 145 cm³/mol. The van der Waals surface area contributed by atoms with Crippen LogP contribution in [0.3, 0.4) is 0 Å². The highest BCUT2D eigenvalue weighted by molar-refractivity contribution is 7.86. The minimum Gasteiger partial charge on any atom is -0.465 e. The van der Waals surface area contributed by atoms with Crippen LogP contribution in [0, 0.1) is 46.3 Å². The fourth-order valence-corrected chi connectivity index (χ4v) is 9.52. The van der Waals surface area contributed by atoms with Crippen molar-refractivity contribution in [3.05, 3.63) is 0 Å². The van der Waals surface area contributed by atoms with Gasteiger partial charge in [0.15, 0.2) is 6.61 Å². The molecule has 10 nitrogen and oxygen atoms in total. The molecule has 0 saturated heterocycles. The number of carbonyl (C=O) groups excluding carboxylic acids is 2. The molecule has 11 atom stereocenters. The van der Waals surface area contributed by atoms with Crippen LogP contribution >= 0.6 is 0 Å². The second kappa shape index (κ2) is 12.2. The van der Waals surface area contributed by atoms with Crippen molar-refractivity contribution in [2.24, 2.45) is 46.3 Å². The molecule has 0 radical (unpaired) electrons. The molecule has 1 unspecified atom stereocenters. The van der Waals surface area contributed by atoms with Gasteiger partial charge in [-0.05, 0) is 97.7 Å². The molecule has 4 rings (SSSR count). The number of aliphatic hydroxyl groups is 3. The molecule has 0 amide bonds. The average Bonchev–Trinajstić information content (AvgIpc) is 3.25. The first-order valence-electron chi connectivity index (χ1n) is 15.1. The highest BCUT2D eigenvalue weighted by Crippen LogP contribution is 2.68. The maximum absolute atomic E-state index is 13.2. The zero-order chi connectivity index (χ0) is 31.3. The van der Waals surface area contributed by atoms with Crippen molar-refractivity contribution in [3.8, 4) is 0 Å². The molecule has 0 aliphatic heterocycles. The van der Waals surface area contributed by atoms with Gasteiger partial charge in [-0.1, -0.05) is 20.8 Å². The molecule has 4 aliphatic carbocycles. The third kappa shape index (κ3) is 6.23. The standard InChI is InChI=1S/C29H46F2O10S/c1-16(4-7-24(35)40-11-9-25(36)41-15-29(30,31)42(37,38)39)19-5-6-20-26-21(14-23(34)28(19,20)3)27(2)10-8-18(32)12-17(27)13-22(26)33/h16-23,26,32-34H,4-15H2,1-3H3,(H,37,38,39)/t16-,17?,18-,19-,20+,21+,22-,23+,26+,27+,28-/m1/s1. The Hall–Kier alpha value is -1.41. The molecular formula is C29H46F2O10S. The van der Waals surface area contributed by atoms with E-state index < -0.39 is 64.6 Å². The van der Waals surface area contributed by atoms with Gasteiger partial charge in [0, 0.05) is 6.42 Å². The first-order valence-corrected chi connectivity index (χ1v) is 16.6. The second-order valence-corrected chi connectivity index (χ2v) is 15.3. The molecule has 0 heterocycles. The summed E-state index contributed by atoms with van der Waals surface area (Å²) in [6.07, 6.45) is 4.09. The molecular weight excluding hydrogens is 578 g/mol. The average molecular weight is 625 g/mol. The number of halogens is 2. The number of carbonyl (C=O) groups is 2. The summed E-state index contributed by atoms with van der Waals surface area (Å²) in [5.74, 6) is -0.889. The largest absolute Gasteiger partial charge is 0.465 e. The molecule has 0 aromatic heterocycles. The Bertz CT molecular complexity index is 1120. The Kier molecular flexibility index (Phi) is 9.71. The SMILES string of the molecule is C[C@H](CCC(=O)OCCC(=O)OCC(F)(F)S(=O)(=O)O)[C@H]1CC[C@H]2[C@@H]3[C@H](O)CC4C[C@H](O)CC[C@]4(C)[C@H]3C[C@H](O)[C@]12C. The van der Waals surface area contributed by atoms with E-state index in [1.807, 2.05) is 6.92 Å². The van der Waals surface area contributed by atoms with Gasteiger partial charge in [-0.2, -0.15) is 17.2 Å². The predicted octanol–water partition coefficient (Wildman–Crippen LogP) is 3.32. The van der Waals surface area contributed by atoms with Crippen LogP contribution in [-0.2, 0) is 29.2 Å². The van der Waals surface area contributed by atoms with Crippen LogP contribution in [0.4, 0.5) is 8.78 Å². The quantitative estimate of drug-likeness (QED) is 0.209. The van der Waals surface area contributed by atoms with Gasteiger partial charge in [0.2, 0.25) is 0 Å². The van der Waals surface area contributed by atoms with Gasteiger partial charge in [0.25, 0.3) is 0 Å². The van der Waals surface area contributed by atoms with Crippen molar-refractivity contribution < 1.29 is 56.1 Å².